The van der Waals surface area contributed by atoms with Crippen LogP contribution in [0.5, 0.6) is 0 Å². The first-order valence-electron chi connectivity index (χ1n) is 9.13. The molecule has 26 heavy (non-hydrogen) atoms. The SMILES string of the molecule is O=C(CSc1nnnn1CC1CCCO1)N(Cc1ccccc1)C1CC1. The summed E-state index contributed by atoms with van der Waals surface area (Å²) in [6.07, 6.45) is 4.49. The maximum atomic E-state index is 12.8. The fourth-order valence-corrected chi connectivity index (χ4v) is 3.96. The van der Waals surface area contributed by atoms with Crippen LogP contribution in [0.3, 0.4) is 0 Å². The van der Waals surface area contributed by atoms with Gasteiger partial charge in [0.25, 0.3) is 0 Å². The maximum absolute atomic E-state index is 12.8. The highest BCUT2D eigenvalue weighted by atomic mass is 32.2. The highest BCUT2D eigenvalue weighted by Gasteiger charge is 2.32. The van der Waals surface area contributed by atoms with Crippen molar-refractivity contribution in [3.05, 3.63) is 35.9 Å². The van der Waals surface area contributed by atoms with Crippen LogP contribution in [0.15, 0.2) is 35.5 Å². The van der Waals surface area contributed by atoms with Gasteiger partial charge in [-0.25, -0.2) is 4.68 Å². The van der Waals surface area contributed by atoms with E-state index < -0.39 is 0 Å². The fraction of sp³-hybridized carbons (Fsp3) is 0.556. The molecule has 2 aliphatic rings. The summed E-state index contributed by atoms with van der Waals surface area (Å²) in [6, 6.07) is 10.5. The zero-order valence-corrected chi connectivity index (χ0v) is 15.5. The molecular formula is C18H23N5O2S. The van der Waals surface area contributed by atoms with Crippen molar-refractivity contribution in [2.75, 3.05) is 12.4 Å². The quantitative estimate of drug-likeness (QED) is 0.660. The van der Waals surface area contributed by atoms with Gasteiger partial charge in [0.15, 0.2) is 0 Å². The number of carbonyl (C=O) groups is 1. The van der Waals surface area contributed by atoms with Gasteiger partial charge in [-0.15, -0.1) is 5.10 Å². The Kier molecular flexibility index (Phi) is 5.50. The minimum absolute atomic E-state index is 0.146. The van der Waals surface area contributed by atoms with E-state index in [1.807, 2.05) is 23.1 Å². The number of hydrogen-bond acceptors (Lipinski definition) is 6. The van der Waals surface area contributed by atoms with Gasteiger partial charge in [0.2, 0.25) is 11.1 Å². The molecule has 7 nitrogen and oxygen atoms in total. The van der Waals surface area contributed by atoms with Crippen LogP contribution in [-0.2, 0) is 22.6 Å². The molecule has 2 fully saturated rings. The molecule has 2 aromatic rings. The summed E-state index contributed by atoms with van der Waals surface area (Å²) < 4.78 is 7.41. The molecule has 8 heteroatoms. The van der Waals surface area contributed by atoms with Crippen LogP contribution in [0.25, 0.3) is 0 Å². The highest BCUT2D eigenvalue weighted by molar-refractivity contribution is 7.99. The van der Waals surface area contributed by atoms with E-state index in [0.29, 0.717) is 30.0 Å². The smallest absolute Gasteiger partial charge is 0.233 e. The van der Waals surface area contributed by atoms with E-state index in [-0.39, 0.29) is 12.0 Å². The van der Waals surface area contributed by atoms with Crippen LogP contribution in [0, 0.1) is 0 Å². The Labute approximate surface area is 157 Å². The van der Waals surface area contributed by atoms with E-state index in [1.54, 1.807) is 4.68 Å². The fourth-order valence-electron chi connectivity index (χ4n) is 3.19. The number of thioether (sulfide) groups is 1. The Morgan fingerprint density at radius 1 is 1.27 bits per heavy atom. The molecule has 1 saturated carbocycles. The summed E-state index contributed by atoms with van der Waals surface area (Å²) in [4.78, 5) is 14.8. The number of ether oxygens (including phenoxy) is 1. The summed E-state index contributed by atoms with van der Waals surface area (Å²) >= 11 is 1.41. The molecule has 0 N–H and O–H groups in total. The highest BCUT2D eigenvalue weighted by Crippen LogP contribution is 2.29. The summed E-state index contributed by atoms with van der Waals surface area (Å²) in [7, 11) is 0. The van der Waals surface area contributed by atoms with Crippen LogP contribution in [-0.4, -0.2) is 55.5 Å². The predicted octanol–water partition coefficient (Wildman–Crippen LogP) is 2.14. The number of nitrogens with zero attached hydrogens (tertiary/aromatic N) is 5. The van der Waals surface area contributed by atoms with E-state index in [0.717, 1.165) is 32.3 Å². The topological polar surface area (TPSA) is 73.1 Å². The monoisotopic (exact) mass is 373 g/mol. The van der Waals surface area contributed by atoms with Crippen molar-refractivity contribution in [3.63, 3.8) is 0 Å². The van der Waals surface area contributed by atoms with Gasteiger partial charge in [0.05, 0.1) is 18.4 Å². The van der Waals surface area contributed by atoms with Crippen molar-refractivity contribution < 1.29 is 9.53 Å². The molecule has 1 aliphatic heterocycles. The second kappa shape index (κ2) is 8.18. The molecule has 1 aliphatic carbocycles. The second-order valence-corrected chi connectivity index (χ2v) is 7.75. The summed E-state index contributed by atoms with van der Waals surface area (Å²) in [6.45, 7) is 2.13. The Balaban J connectivity index is 1.34. The summed E-state index contributed by atoms with van der Waals surface area (Å²) in [5.41, 5.74) is 1.17. The van der Waals surface area contributed by atoms with Crippen LogP contribution >= 0.6 is 11.8 Å². The lowest BCUT2D eigenvalue weighted by atomic mass is 10.2. The van der Waals surface area contributed by atoms with Gasteiger partial charge in [0.1, 0.15) is 0 Å². The van der Waals surface area contributed by atoms with E-state index in [1.165, 1.54) is 17.3 Å². The Hall–Kier alpha value is -1.93. The van der Waals surface area contributed by atoms with Crippen molar-refractivity contribution in [1.29, 1.82) is 0 Å². The first-order valence-corrected chi connectivity index (χ1v) is 10.1. The van der Waals surface area contributed by atoms with Crippen molar-refractivity contribution in [1.82, 2.24) is 25.1 Å². The van der Waals surface area contributed by atoms with Gasteiger partial charge in [-0.1, -0.05) is 42.1 Å². The van der Waals surface area contributed by atoms with E-state index >= 15 is 0 Å². The second-order valence-electron chi connectivity index (χ2n) is 6.81. The first-order chi connectivity index (χ1) is 12.8. The maximum Gasteiger partial charge on any atom is 0.233 e. The average Bonchev–Trinajstić information content (AvgIpc) is 3.19. The lowest BCUT2D eigenvalue weighted by Crippen LogP contribution is -2.34. The number of rotatable bonds is 8. The molecule has 0 radical (unpaired) electrons. The number of aromatic nitrogens is 4. The standard InChI is InChI=1S/C18H23N5O2S/c24-17(22(15-8-9-15)11-14-5-2-1-3-6-14)13-26-18-19-20-21-23(18)12-16-7-4-10-25-16/h1-3,5-6,15-16H,4,7-13H2. The van der Waals surface area contributed by atoms with Gasteiger partial charge in [0, 0.05) is 19.2 Å². The molecule has 1 aromatic heterocycles. The Bertz CT molecular complexity index is 728. The number of carbonyl (C=O) groups excluding carboxylic acids is 1. The Morgan fingerprint density at radius 3 is 2.85 bits per heavy atom. The molecule has 1 unspecified atom stereocenters. The van der Waals surface area contributed by atoms with Crippen molar-refractivity contribution in [2.45, 2.75) is 56.1 Å². The number of tetrazole rings is 1. The third kappa shape index (κ3) is 4.42. The first kappa shape index (κ1) is 17.5. The van der Waals surface area contributed by atoms with E-state index in [9.17, 15) is 4.79 Å². The summed E-state index contributed by atoms with van der Waals surface area (Å²) in [5, 5.41) is 12.6. The Morgan fingerprint density at radius 2 is 2.12 bits per heavy atom. The number of benzene rings is 1. The third-order valence-corrected chi connectivity index (χ3v) is 5.67. The van der Waals surface area contributed by atoms with Gasteiger partial charge in [-0.05, 0) is 41.7 Å². The van der Waals surface area contributed by atoms with Gasteiger partial charge in [-0.3, -0.25) is 4.79 Å². The molecule has 0 spiro atoms. The van der Waals surface area contributed by atoms with Crippen LogP contribution in [0.1, 0.15) is 31.2 Å². The molecular weight excluding hydrogens is 350 g/mol. The van der Waals surface area contributed by atoms with Gasteiger partial charge >= 0.3 is 0 Å². The number of amides is 1. The molecule has 1 atom stereocenters. The predicted molar refractivity (Wildman–Crippen MR) is 97.5 cm³/mol. The number of hydrogen-bond donors (Lipinski definition) is 0. The average molecular weight is 373 g/mol. The largest absolute Gasteiger partial charge is 0.376 e. The van der Waals surface area contributed by atoms with Crippen LogP contribution < -0.4 is 0 Å². The lowest BCUT2D eigenvalue weighted by molar-refractivity contribution is -0.129. The molecule has 2 heterocycles. The van der Waals surface area contributed by atoms with Gasteiger partial charge < -0.3 is 9.64 Å². The van der Waals surface area contributed by atoms with E-state index in [2.05, 4.69) is 27.7 Å². The zero-order valence-electron chi connectivity index (χ0n) is 14.7. The van der Waals surface area contributed by atoms with E-state index in [4.69, 9.17) is 4.74 Å². The van der Waals surface area contributed by atoms with Crippen molar-refractivity contribution in [2.24, 2.45) is 0 Å². The van der Waals surface area contributed by atoms with Gasteiger partial charge in [-0.2, -0.15) is 0 Å². The molecule has 1 aromatic carbocycles. The minimum atomic E-state index is 0.146. The normalized spacial score (nSPS) is 19.6. The zero-order chi connectivity index (χ0) is 17.8. The van der Waals surface area contributed by atoms with Crippen LogP contribution in [0.4, 0.5) is 0 Å². The molecule has 138 valence electrons. The van der Waals surface area contributed by atoms with Crippen molar-refractivity contribution in [3.8, 4) is 0 Å². The van der Waals surface area contributed by atoms with Crippen molar-refractivity contribution >= 4 is 17.7 Å². The van der Waals surface area contributed by atoms with Crippen LogP contribution in [0.2, 0.25) is 0 Å². The third-order valence-electron chi connectivity index (χ3n) is 4.73. The molecule has 1 saturated heterocycles. The minimum Gasteiger partial charge on any atom is -0.376 e. The molecule has 1 amide bonds. The lowest BCUT2D eigenvalue weighted by Gasteiger charge is -2.22. The molecule has 4 rings (SSSR count). The summed E-state index contributed by atoms with van der Waals surface area (Å²) in [5.74, 6) is 0.503. The molecule has 0 bridgehead atoms.